The van der Waals surface area contributed by atoms with Crippen LogP contribution in [0.25, 0.3) is 0 Å². The van der Waals surface area contributed by atoms with Crippen molar-refractivity contribution in [1.82, 2.24) is 15.2 Å². The van der Waals surface area contributed by atoms with E-state index in [4.69, 9.17) is 9.47 Å². The molecule has 1 heterocycles. The molecule has 0 aliphatic rings. The Labute approximate surface area is 149 Å². The predicted molar refractivity (Wildman–Crippen MR) is 101 cm³/mol. The Bertz CT molecular complexity index is 641. The molecular weight excluding hydrogens is 316 g/mol. The molecule has 25 heavy (non-hydrogen) atoms. The molecule has 6 heteroatoms. The van der Waals surface area contributed by atoms with E-state index in [2.05, 4.69) is 39.5 Å². The van der Waals surface area contributed by atoms with Gasteiger partial charge in [0, 0.05) is 38.1 Å². The van der Waals surface area contributed by atoms with Gasteiger partial charge in [-0.05, 0) is 38.1 Å². The van der Waals surface area contributed by atoms with Crippen LogP contribution in [0.15, 0.2) is 53.8 Å². The van der Waals surface area contributed by atoms with E-state index >= 15 is 0 Å². The van der Waals surface area contributed by atoms with Crippen LogP contribution in [0.2, 0.25) is 0 Å². The average molecular weight is 344 g/mol. The van der Waals surface area contributed by atoms with E-state index in [9.17, 15) is 0 Å². The second kappa shape index (κ2) is 10.3. The number of hydrogen-bond acceptors (Lipinski definition) is 3. The number of methoxy groups -OCH3 is 1. The number of rotatable bonds is 9. The van der Waals surface area contributed by atoms with Gasteiger partial charge in [-0.3, -0.25) is 0 Å². The van der Waals surface area contributed by atoms with Crippen LogP contribution in [0.5, 0.6) is 11.5 Å². The van der Waals surface area contributed by atoms with Gasteiger partial charge in [-0.25, -0.2) is 4.99 Å². The molecule has 2 N–H and O–H groups in total. The Hall–Kier alpha value is -2.63. The highest BCUT2D eigenvalue weighted by atomic mass is 16.5. The summed E-state index contributed by atoms with van der Waals surface area (Å²) in [6.45, 7) is 7.15. The molecule has 0 aliphatic heterocycles. The monoisotopic (exact) mass is 344 g/mol. The van der Waals surface area contributed by atoms with Crippen molar-refractivity contribution in [3.8, 4) is 11.5 Å². The quantitative estimate of drug-likeness (QED) is 0.542. The lowest BCUT2D eigenvalue weighted by Crippen LogP contribution is -2.39. The Morgan fingerprint density at radius 2 is 1.92 bits per heavy atom. The zero-order valence-corrected chi connectivity index (χ0v) is 15.2. The van der Waals surface area contributed by atoms with Gasteiger partial charge in [-0.1, -0.05) is 6.07 Å². The van der Waals surface area contributed by atoms with Gasteiger partial charge < -0.3 is 24.7 Å². The number of nitrogens with one attached hydrogen (secondary N) is 2. The van der Waals surface area contributed by atoms with Crippen LogP contribution < -0.4 is 20.1 Å². The topological polar surface area (TPSA) is 59.8 Å². The van der Waals surface area contributed by atoms with E-state index in [1.54, 1.807) is 7.11 Å². The number of guanidine groups is 1. The van der Waals surface area contributed by atoms with Crippen LogP contribution in [-0.2, 0) is 6.54 Å². The Kier molecular flexibility index (Phi) is 7.69. The summed E-state index contributed by atoms with van der Waals surface area (Å²) in [5, 5.41) is 6.59. The zero-order chi connectivity index (χ0) is 17.9. The number of ether oxygens (including phenoxy) is 2. The second-order valence-corrected chi connectivity index (χ2v) is 5.67. The SMILES string of the molecule is CCNC(=NCC(C)Oc1cccc(OC)c1)NCCn1cccc1. The normalized spacial score (nSPS) is 12.5. The van der Waals surface area contributed by atoms with E-state index in [1.807, 2.05) is 43.3 Å². The van der Waals surface area contributed by atoms with Gasteiger partial charge in [-0.2, -0.15) is 0 Å². The third-order valence-corrected chi connectivity index (χ3v) is 3.56. The number of aliphatic imine (C=N–C) groups is 1. The third kappa shape index (κ3) is 6.79. The maximum atomic E-state index is 5.90. The van der Waals surface area contributed by atoms with Crippen molar-refractivity contribution in [3.63, 3.8) is 0 Å². The molecule has 6 nitrogen and oxygen atoms in total. The van der Waals surface area contributed by atoms with Crippen LogP contribution in [0.3, 0.4) is 0 Å². The van der Waals surface area contributed by atoms with Crippen molar-refractivity contribution in [2.75, 3.05) is 26.7 Å². The molecule has 1 atom stereocenters. The Balaban J connectivity index is 1.81. The van der Waals surface area contributed by atoms with Crippen LogP contribution in [-0.4, -0.2) is 43.4 Å². The van der Waals surface area contributed by atoms with Crippen LogP contribution in [0.4, 0.5) is 0 Å². The van der Waals surface area contributed by atoms with Gasteiger partial charge in [0.05, 0.1) is 13.7 Å². The highest BCUT2D eigenvalue weighted by Crippen LogP contribution is 2.19. The fourth-order valence-corrected chi connectivity index (χ4v) is 2.33. The lowest BCUT2D eigenvalue weighted by atomic mass is 10.3. The van der Waals surface area contributed by atoms with E-state index in [-0.39, 0.29) is 6.10 Å². The van der Waals surface area contributed by atoms with Crippen LogP contribution in [0.1, 0.15) is 13.8 Å². The van der Waals surface area contributed by atoms with Crippen molar-refractivity contribution in [2.45, 2.75) is 26.5 Å². The molecule has 0 fully saturated rings. The summed E-state index contributed by atoms with van der Waals surface area (Å²) in [5.41, 5.74) is 0. The molecule has 1 aromatic carbocycles. The highest BCUT2D eigenvalue weighted by Gasteiger charge is 2.05. The van der Waals surface area contributed by atoms with Crippen LogP contribution >= 0.6 is 0 Å². The second-order valence-electron chi connectivity index (χ2n) is 5.67. The van der Waals surface area contributed by atoms with Gasteiger partial charge in [0.25, 0.3) is 0 Å². The fraction of sp³-hybridized carbons (Fsp3) is 0.421. The molecule has 2 aromatic rings. The first-order chi connectivity index (χ1) is 12.2. The molecule has 0 saturated heterocycles. The summed E-state index contributed by atoms with van der Waals surface area (Å²) in [6, 6.07) is 11.7. The summed E-state index contributed by atoms with van der Waals surface area (Å²) < 4.78 is 13.2. The van der Waals surface area contributed by atoms with E-state index < -0.39 is 0 Å². The lowest BCUT2D eigenvalue weighted by Gasteiger charge is -2.15. The van der Waals surface area contributed by atoms with Crippen molar-refractivity contribution >= 4 is 5.96 Å². The van der Waals surface area contributed by atoms with Gasteiger partial charge in [0.15, 0.2) is 5.96 Å². The molecule has 0 amide bonds. The lowest BCUT2D eigenvalue weighted by molar-refractivity contribution is 0.229. The molecule has 0 radical (unpaired) electrons. The molecule has 1 unspecified atom stereocenters. The third-order valence-electron chi connectivity index (χ3n) is 3.56. The van der Waals surface area contributed by atoms with Gasteiger partial charge >= 0.3 is 0 Å². The number of benzene rings is 1. The first-order valence-electron chi connectivity index (χ1n) is 8.65. The van der Waals surface area contributed by atoms with E-state index in [1.165, 1.54) is 0 Å². The smallest absolute Gasteiger partial charge is 0.191 e. The maximum absolute atomic E-state index is 5.90. The van der Waals surface area contributed by atoms with Crippen LogP contribution in [0, 0.1) is 0 Å². The molecular formula is C19H28N4O2. The fourth-order valence-electron chi connectivity index (χ4n) is 2.33. The van der Waals surface area contributed by atoms with Gasteiger partial charge in [0.1, 0.15) is 17.6 Å². The summed E-state index contributed by atoms with van der Waals surface area (Å²) >= 11 is 0. The average Bonchev–Trinajstić information content (AvgIpc) is 3.13. The van der Waals surface area contributed by atoms with Gasteiger partial charge in [0.2, 0.25) is 0 Å². The minimum Gasteiger partial charge on any atom is -0.497 e. The van der Waals surface area contributed by atoms with Crippen molar-refractivity contribution < 1.29 is 9.47 Å². The Morgan fingerprint density at radius 1 is 1.16 bits per heavy atom. The predicted octanol–water partition coefficient (Wildman–Crippen LogP) is 2.52. The summed E-state index contributed by atoms with van der Waals surface area (Å²) in [7, 11) is 1.65. The molecule has 0 saturated carbocycles. The standard InChI is InChI=1S/C19H28N4O2/c1-4-20-19(21-10-13-23-11-5-6-12-23)22-15-16(2)25-18-9-7-8-17(14-18)24-3/h5-9,11-12,14,16H,4,10,13,15H2,1-3H3,(H2,20,21,22). The summed E-state index contributed by atoms with van der Waals surface area (Å²) in [6.07, 6.45) is 4.07. The molecule has 2 rings (SSSR count). The van der Waals surface area contributed by atoms with E-state index in [0.29, 0.717) is 6.54 Å². The Morgan fingerprint density at radius 3 is 2.64 bits per heavy atom. The molecule has 0 bridgehead atoms. The van der Waals surface area contributed by atoms with Crippen molar-refractivity contribution in [1.29, 1.82) is 0 Å². The number of nitrogens with zero attached hydrogens (tertiary/aromatic N) is 2. The zero-order valence-electron chi connectivity index (χ0n) is 15.2. The first-order valence-corrected chi connectivity index (χ1v) is 8.65. The highest BCUT2D eigenvalue weighted by molar-refractivity contribution is 5.79. The van der Waals surface area contributed by atoms with Crippen molar-refractivity contribution in [3.05, 3.63) is 48.8 Å². The minimum atomic E-state index is -0.0352. The number of hydrogen-bond donors (Lipinski definition) is 2. The first kappa shape index (κ1) is 18.7. The molecule has 136 valence electrons. The van der Waals surface area contributed by atoms with E-state index in [0.717, 1.165) is 37.1 Å². The number of aromatic nitrogens is 1. The largest absolute Gasteiger partial charge is 0.497 e. The molecule has 0 spiro atoms. The molecule has 0 aliphatic carbocycles. The molecule has 1 aromatic heterocycles. The maximum Gasteiger partial charge on any atom is 0.191 e. The summed E-state index contributed by atoms with van der Waals surface area (Å²) in [5.74, 6) is 2.37. The van der Waals surface area contributed by atoms with Crippen molar-refractivity contribution in [2.24, 2.45) is 4.99 Å². The van der Waals surface area contributed by atoms with Gasteiger partial charge in [-0.15, -0.1) is 0 Å². The minimum absolute atomic E-state index is 0.0352. The summed E-state index contributed by atoms with van der Waals surface area (Å²) in [4.78, 5) is 4.60.